The predicted molar refractivity (Wildman–Crippen MR) is 91.7 cm³/mol. The summed E-state index contributed by atoms with van der Waals surface area (Å²) in [4.78, 5) is 28.9. The third-order valence-corrected chi connectivity index (χ3v) is 4.66. The van der Waals surface area contributed by atoms with Crippen LogP contribution in [0.25, 0.3) is 0 Å². The molecule has 24 heavy (non-hydrogen) atoms. The maximum atomic E-state index is 14.4. The molecular formula is C15H11ClFN5OS. The van der Waals surface area contributed by atoms with E-state index in [1.165, 1.54) is 41.1 Å². The van der Waals surface area contributed by atoms with E-state index >= 15 is 0 Å². The van der Waals surface area contributed by atoms with Crippen molar-refractivity contribution in [2.75, 3.05) is 29.1 Å². The summed E-state index contributed by atoms with van der Waals surface area (Å²) in [6, 6.07) is 4.29. The molecule has 2 aliphatic heterocycles. The number of anilines is 2. The van der Waals surface area contributed by atoms with Crippen LogP contribution in [0.2, 0.25) is 5.02 Å². The molecule has 1 amide bonds. The van der Waals surface area contributed by atoms with Crippen molar-refractivity contribution >= 4 is 46.7 Å². The molecule has 0 bridgehead atoms. The molecule has 0 saturated carbocycles. The lowest BCUT2D eigenvalue weighted by Gasteiger charge is -2.35. The van der Waals surface area contributed by atoms with Crippen molar-refractivity contribution in [2.24, 2.45) is 4.99 Å². The Kier molecular flexibility index (Phi) is 3.65. The van der Waals surface area contributed by atoms with Crippen molar-refractivity contribution in [1.82, 2.24) is 9.97 Å². The van der Waals surface area contributed by atoms with Crippen LogP contribution in [0.15, 0.2) is 34.5 Å². The van der Waals surface area contributed by atoms with E-state index in [1.54, 1.807) is 4.90 Å². The van der Waals surface area contributed by atoms with Crippen molar-refractivity contribution in [3.8, 4) is 0 Å². The van der Waals surface area contributed by atoms with Crippen LogP contribution in [-0.4, -0.2) is 41.2 Å². The van der Waals surface area contributed by atoms with E-state index in [2.05, 4.69) is 15.0 Å². The maximum absolute atomic E-state index is 14.4. The number of halogens is 2. The molecule has 6 nitrogen and oxygen atoms in total. The van der Waals surface area contributed by atoms with Crippen LogP contribution < -0.4 is 9.80 Å². The van der Waals surface area contributed by atoms with Gasteiger partial charge in [-0.05, 0) is 18.4 Å². The Morgan fingerprint density at radius 3 is 2.96 bits per heavy atom. The molecule has 0 spiro atoms. The van der Waals surface area contributed by atoms with Crippen molar-refractivity contribution in [3.63, 3.8) is 0 Å². The molecule has 3 heterocycles. The van der Waals surface area contributed by atoms with Crippen LogP contribution in [0.5, 0.6) is 0 Å². The third-order valence-electron chi connectivity index (χ3n) is 3.80. The number of guanidine groups is 1. The van der Waals surface area contributed by atoms with Gasteiger partial charge in [0, 0.05) is 12.7 Å². The Labute approximate surface area is 146 Å². The van der Waals surface area contributed by atoms with Crippen molar-refractivity contribution < 1.29 is 9.18 Å². The number of carbonyl (C=O) groups excluding carboxylic acids is 1. The number of rotatable bonds is 2. The largest absolute Gasteiger partial charge is 0.294 e. The van der Waals surface area contributed by atoms with Crippen molar-refractivity contribution in [2.45, 2.75) is 5.16 Å². The zero-order chi connectivity index (χ0) is 16.8. The van der Waals surface area contributed by atoms with Gasteiger partial charge >= 0.3 is 0 Å². The van der Waals surface area contributed by atoms with Crippen LogP contribution in [0.1, 0.15) is 10.4 Å². The first-order valence-corrected chi connectivity index (χ1v) is 8.73. The Bertz CT molecular complexity index is 870. The zero-order valence-corrected chi connectivity index (χ0v) is 14.1. The van der Waals surface area contributed by atoms with E-state index in [0.717, 1.165) is 0 Å². The molecule has 2 aliphatic rings. The highest BCUT2D eigenvalue weighted by molar-refractivity contribution is 7.98. The first-order chi connectivity index (χ1) is 11.6. The van der Waals surface area contributed by atoms with E-state index in [0.29, 0.717) is 35.6 Å². The van der Waals surface area contributed by atoms with E-state index in [-0.39, 0.29) is 10.7 Å². The van der Waals surface area contributed by atoms with Gasteiger partial charge in [-0.3, -0.25) is 14.7 Å². The number of aliphatic imine (C=N–C) groups is 1. The van der Waals surface area contributed by atoms with Crippen molar-refractivity contribution in [1.29, 1.82) is 0 Å². The second-order valence-electron chi connectivity index (χ2n) is 5.14. The van der Waals surface area contributed by atoms with E-state index in [9.17, 15) is 9.18 Å². The first-order valence-electron chi connectivity index (χ1n) is 7.13. The SMILES string of the molecule is CSc1ncc2c(n1)N1CCN=C1N(c1c(F)cccc1Cl)C2=O. The number of carbonyl (C=O) groups is 1. The number of thioether (sulfide) groups is 1. The fourth-order valence-corrected chi connectivity index (χ4v) is 3.34. The monoisotopic (exact) mass is 363 g/mol. The molecule has 0 aliphatic carbocycles. The number of benzene rings is 1. The van der Waals surface area contributed by atoms with Gasteiger partial charge in [-0.1, -0.05) is 29.4 Å². The smallest absolute Gasteiger partial charge is 0.270 e. The Balaban J connectivity index is 1.93. The summed E-state index contributed by atoms with van der Waals surface area (Å²) >= 11 is 7.54. The summed E-state index contributed by atoms with van der Waals surface area (Å²) < 4.78 is 14.4. The van der Waals surface area contributed by atoms with Gasteiger partial charge in [0.15, 0.2) is 11.0 Å². The highest BCUT2D eigenvalue weighted by atomic mass is 35.5. The van der Waals surface area contributed by atoms with Gasteiger partial charge in [-0.15, -0.1) is 0 Å². The van der Waals surface area contributed by atoms with Gasteiger partial charge in [0.2, 0.25) is 5.96 Å². The lowest BCUT2D eigenvalue weighted by molar-refractivity contribution is 0.0999. The molecule has 4 rings (SSSR count). The Morgan fingerprint density at radius 2 is 2.21 bits per heavy atom. The number of nitrogens with zero attached hydrogens (tertiary/aromatic N) is 5. The number of hydrogen-bond donors (Lipinski definition) is 0. The molecule has 1 aromatic carbocycles. The summed E-state index contributed by atoms with van der Waals surface area (Å²) in [5.74, 6) is -0.193. The maximum Gasteiger partial charge on any atom is 0.270 e. The summed E-state index contributed by atoms with van der Waals surface area (Å²) in [6.07, 6.45) is 3.32. The summed E-state index contributed by atoms with van der Waals surface area (Å²) in [7, 11) is 0. The normalized spacial score (nSPS) is 16.1. The average Bonchev–Trinajstić information content (AvgIpc) is 3.06. The Hall–Kier alpha value is -2.19. The molecule has 0 atom stereocenters. The van der Waals surface area contributed by atoms with E-state index < -0.39 is 11.7 Å². The molecule has 2 aromatic rings. The lowest BCUT2D eigenvalue weighted by Crippen LogP contribution is -2.51. The van der Waals surface area contributed by atoms with Gasteiger partial charge in [0.05, 0.1) is 11.6 Å². The van der Waals surface area contributed by atoms with Crippen molar-refractivity contribution in [3.05, 3.63) is 40.8 Å². The molecule has 9 heteroatoms. The Morgan fingerprint density at radius 1 is 1.38 bits per heavy atom. The number of para-hydroxylation sites is 1. The van der Waals surface area contributed by atoms with E-state index in [1.807, 2.05) is 6.26 Å². The van der Waals surface area contributed by atoms with E-state index in [4.69, 9.17) is 11.6 Å². The standard InChI is InChI=1S/C15H11ClFN5OS/c1-24-14-19-7-8-12(20-14)21-6-5-18-15(21)22(13(8)23)11-9(16)3-2-4-10(11)17/h2-4,7H,5-6H2,1H3. The summed E-state index contributed by atoms with van der Waals surface area (Å²) in [5.41, 5.74) is 0.294. The topological polar surface area (TPSA) is 61.7 Å². The lowest BCUT2D eigenvalue weighted by atomic mass is 10.1. The highest BCUT2D eigenvalue weighted by Gasteiger charge is 2.41. The number of amides is 1. The molecular weight excluding hydrogens is 353 g/mol. The molecule has 1 aromatic heterocycles. The zero-order valence-electron chi connectivity index (χ0n) is 12.5. The fourth-order valence-electron chi connectivity index (χ4n) is 2.76. The molecule has 0 unspecified atom stereocenters. The molecule has 0 radical (unpaired) electrons. The molecule has 122 valence electrons. The van der Waals surface area contributed by atoms with Crippen LogP contribution in [0.3, 0.4) is 0 Å². The minimum Gasteiger partial charge on any atom is -0.294 e. The fraction of sp³-hybridized carbons (Fsp3) is 0.200. The number of fused-ring (bicyclic) bond motifs is 3. The first kappa shape index (κ1) is 15.3. The van der Waals surface area contributed by atoms with Crippen LogP contribution >= 0.6 is 23.4 Å². The van der Waals surface area contributed by atoms with Crippen LogP contribution in [0.4, 0.5) is 15.9 Å². The van der Waals surface area contributed by atoms with Gasteiger partial charge in [0.1, 0.15) is 17.1 Å². The van der Waals surface area contributed by atoms with Gasteiger partial charge < -0.3 is 0 Å². The average molecular weight is 364 g/mol. The summed E-state index contributed by atoms with van der Waals surface area (Å²) in [5, 5.41) is 0.702. The third kappa shape index (κ3) is 2.17. The highest BCUT2D eigenvalue weighted by Crippen LogP contribution is 2.37. The van der Waals surface area contributed by atoms with Crippen LogP contribution in [-0.2, 0) is 0 Å². The molecule has 0 N–H and O–H groups in total. The summed E-state index contributed by atoms with van der Waals surface area (Å²) in [6.45, 7) is 1.05. The quantitative estimate of drug-likeness (QED) is 0.606. The number of aromatic nitrogens is 2. The molecule has 0 saturated heterocycles. The van der Waals surface area contributed by atoms with Crippen LogP contribution in [0, 0.1) is 5.82 Å². The van der Waals surface area contributed by atoms with Gasteiger partial charge in [0.25, 0.3) is 5.91 Å². The van der Waals surface area contributed by atoms with Gasteiger partial charge in [-0.25, -0.2) is 19.3 Å². The number of hydrogen-bond acceptors (Lipinski definition) is 6. The minimum absolute atomic E-state index is 0.00518. The predicted octanol–water partition coefficient (Wildman–Crippen LogP) is 2.83. The second-order valence-corrected chi connectivity index (χ2v) is 6.32. The minimum atomic E-state index is -0.587. The second kappa shape index (κ2) is 5.71. The van der Waals surface area contributed by atoms with Gasteiger partial charge in [-0.2, -0.15) is 0 Å². The molecule has 0 fully saturated rings.